The van der Waals surface area contributed by atoms with E-state index < -0.39 is 26.7 Å². The van der Waals surface area contributed by atoms with Crippen LogP contribution in [0.5, 0.6) is 0 Å². The summed E-state index contributed by atoms with van der Waals surface area (Å²) in [7, 11) is 0. The molecule has 1 aliphatic heterocycles. The SMILES string of the molecule is C/C=C(\c1ccccc1C)[C@@]1(C[C@](N)(CSCCC(C)=O)C(C)=O)c2cccc[c]2[Sn][C@@H]1C. The van der Waals surface area contributed by atoms with Gasteiger partial charge in [0.2, 0.25) is 0 Å². The Morgan fingerprint density at radius 3 is 2.45 bits per heavy atom. The molecule has 33 heavy (non-hydrogen) atoms. The monoisotopic (exact) mass is 569 g/mol. The first kappa shape index (κ1) is 26.2. The fourth-order valence-electron chi connectivity index (χ4n) is 5.08. The molecule has 2 aromatic carbocycles. The maximum atomic E-state index is 13.0. The molecule has 2 radical (unpaired) electrons. The Morgan fingerprint density at radius 1 is 1.15 bits per heavy atom. The van der Waals surface area contributed by atoms with E-state index in [0.29, 0.717) is 28.3 Å². The van der Waals surface area contributed by atoms with E-state index in [1.165, 1.54) is 25.8 Å². The summed E-state index contributed by atoms with van der Waals surface area (Å²) in [6.07, 6.45) is 3.36. The third kappa shape index (κ3) is 5.33. The van der Waals surface area contributed by atoms with Crippen molar-refractivity contribution in [1.82, 2.24) is 0 Å². The quantitative estimate of drug-likeness (QED) is 0.328. The minimum absolute atomic E-state index is 0.0272. The van der Waals surface area contributed by atoms with Crippen LogP contribution < -0.4 is 9.31 Å². The van der Waals surface area contributed by atoms with Gasteiger partial charge in [0.15, 0.2) is 0 Å². The van der Waals surface area contributed by atoms with Gasteiger partial charge in [-0.1, -0.05) is 0 Å². The molecule has 0 unspecified atom stereocenters. The fraction of sp³-hybridized carbons (Fsp3) is 0.429. The van der Waals surface area contributed by atoms with Crippen LogP contribution in [0.4, 0.5) is 0 Å². The first-order chi connectivity index (χ1) is 15.7. The number of Topliss-reactive ketones (excluding diaryl/α,β-unsaturated/α-hetero) is 2. The molecule has 3 nitrogen and oxygen atoms in total. The van der Waals surface area contributed by atoms with Gasteiger partial charge < -0.3 is 0 Å². The van der Waals surface area contributed by atoms with Gasteiger partial charge in [-0.2, -0.15) is 0 Å². The van der Waals surface area contributed by atoms with Gasteiger partial charge in [-0.3, -0.25) is 0 Å². The summed E-state index contributed by atoms with van der Waals surface area (Å²) in [5, 5.41) is 0. The summed E-state index contributed by atoms with van der Waals surface area (Å²) in [6, 6.07) is 17.4. The van der Waals surface area contributed by atoms with Gasteiger partial charge >= 0.3 is 214 Å². The average Bonchev–Trinajstić information content (AvgIpc) is 3.04. The number of hydrogen-bond acceptors (Lipinski definition) is 4. The number of carbonyl (C=O) groups excluding carboxylic acids is 2. The molecule has 3 rings (SSSR count). The number of ketones is 2. The van der Waals surface area contributed by atoms with E-state index in [2.05, 4.69) is 75.4 Å². The zero-order valence-corrected chi connectivity index (χ0v) is 24.1. The van der Waals surface area contributed by atoms with Crippen LogP contribution in [0.2, 0.25) is 3.93 Å². The molecule has 0 aliphatic carbocycles. The zero-order chi connectivity index (χ0) is 24.2. The second kappa shape index (κ2) is 10.9. The molecule has 0 bridgehead atoms. The van der Waals surface area contributed by atoms with Crippen LogP contribution in [0.1, 0.15) is 57.2 Å². The van der Waals surface area contributed by atoms with E-state index in [0.717, 1.165) is 0 Å². The maximum absolute atomic E-state index is 13.0. The fourth-order valence-corrected chi connectivity index (χ4v) is 11.4. The molecule has 2 N–H and O–H groups in total. The van der Waals surface area contributed by atoms with Crippen LogP contribution >= 0.6 is 11.8 Å². The average molecular weight is 568 g/mol. The molecule has 1 aliphatic rings. The Bertz CT molecular complexity index is 1070. The Kier molecular flexibility index (Phi) is 8.68. The van der Waals surface area contributed by atoms with Crippen LogP contribution in [-0.4, -0.2) is 49.8 Å². The molecule has 0 saturated heterocycles. The summed E-state index contributed by atoms with van der Waals surface area (Å²) in [6.45, 7) is 9.90. The predicted molar refractivity (Wildman–Crippen MR) is 143 cm³/mol. The van der Waals surface area contributed by atoms with Crippen molar-refractivity contribution in [3.8, 4) is 0 Å². The van der Waals surface area contributed by atoms with E-state index in [4.69, 9.17) is 5.73 Å². The van der Waals surface area contributed by atoms with E-state index in [1.54, 1.807) is 25.6 Å². The van der Waals surface area contributed by atoms with Gasteiger partial charge in [0.05, 0.1) is 0 Å². The van der Waals surface area contributed by atoms with E-state index >= 15 is 0 Å². The molecule has 0 spiro atoms. The summed E-state index contributed by atoms with van der Waals surface area (Å²) in [5.74, 6) is 1.43. The molecule has 174 valence electrons. The van der Waals surface area contributed by atoms with Gasteiger partial charge in [0.1, 0.15) is 0 Å². The van der Waals surface area contributed by atoms with Crippen molar-refractivity contribution in [1.29, 1.82) is 0 Å². The normalized spacial score (nSPS) is 22.0. The number of thioether (sulfide) groups is 1. The molecule has 0 saturated carbocycles. The Morgan fingerprint density at radius 2 is 1.82 bits per heavy atom. The number of fused-ring (bicyclic) bond motifs is 1. The van der Waals surface area contributed by atoms with Crippen molar-refractivity contribution in [2.24, 2.45) is 5.73 Å². The number of benzene rings is 2. The molecular formula is C28H35NO2SSn. The summed E-state index contributed by atoms with van der Waals surface area (Å²) >= 11 is 0.745. The number of carbonyl (C=O) groups is 2. The molecule has 3 atom stereocenters. The van der Waals surface area contributed by atoms with Crippen LogP contribution in [0.25, 0.3) is 5.57 Å². The van der Waals surface area contributed by atoms with Gasteiger partial charge in [-0.25, -0.2) is 0 Å². The first-order valence-electron chi connectivity index (χ1n) is 11.6. The molecule has 2 aromatic rings. The van der Waals surface area contributed by atoms with Crippen LogP contribution in [0, 0.1) is 6.92 Å². The van der Waals surface area contributed by atoms with Gasteiger partial charge in [0.25, 0.3) is 0 Å². The van der Waals surface area contributed by atoms with Crippen LogP contribution in [0.3, 0.4) is 0 Å². The second-order valence-corrected chi connectivity index (χ2v) is 15.2. The number of aryl methyl sites for hydroxylation is 1. The summed E-state index contributed by atoms with van der Waals surface area (Å²) in [5.41, 5.74) is 10.9. The number of allylic oxidation sites excluding steroid dienone is 2. The van der Waals surface area contributed by atoms with Crippen LogP contribution in [0.15, 0.2) is 54.6 Å². The third-order valence-corrected chi connectivity index (χ3v) is 13.0. The van der Waals surface area contributed by atoms with Crippen molar-refractivity contribution in [3.05, 3.63) is 71.3 Å². The van der Waals surface area contributed by atoms with Gasteiger partial charge in [-0.15, -0.1) is 0 Å². The minimum atomic E-state index is -0.955. The standard InChI is InChI=1S/C28H35NO2S.Sn/c1-6-26(25-16-12-11-13-21(25)3)27(7-2,24-14-9-8-10-15-24)19-28(29,23(5)31)20-32-18-17-22(4)30;/h6-14,16H,17-20,29H2,1-5H3;/b26-6+;/t27-,28-;/m0./s1. The number of nitrogens with two attached hydrogens (primary N) is 1. The molecule has 1 heterocycles. The predicted octanol–water partition coefficient (Wildman–Crippen LogP) is 4.88. The van der Waals surface area contributed by atoms with Gasteiger partial charge in [0, 0.05) is 0 Å². The Labute approximate surface area is 213 Å². The van der Waals surface area contributed by atoms with Crippen molar-refractivity contribution in [2.75, 3.05) is 11.5 Å². The number of hydrogen-bond donors (Lipinski definition) is 1. The molecule has 0 amide bonds. The molecule has 5 heteroatoms. The van der Waals surface area contributed by atoms with E-state index in [-0.39, 0.29) is 17.0 Å². The topological polar surface area (TPSA) is 60.2 Å². The van der Waals surface area contributed by atoms with Gasteiger partial charge in [-0.05, 0) is 0 Å². The van der Waals surface area contributed by atoms with Crippen molar-refractivity contribution in [2.45, 2.75) is 62.3 Å². The van der Waals surface area contributed by atoms with Crippen molar-refractivity contribution >= 4 is 53.6 Å². The molecule has 0 fully saturated rings. The molecule has 0 aromatic heterocycles. The number of rotatable bonds is 10. The van der Waals surface area contributed by atoms with E-state index in [1.807, 2.05) is 0 Å². The van der Waals surface area contributed by atoms with Crippen molar-refractivity contribution in [3.63, 3.8) is 0 Å². The third-order valence-electron chi connectivity index (χ3n) is 6.98. The second-order valence-electron chi connectivity index (χ2n) is 9.29. The summed E-state index contributed by atoms with van der Waals surface area (Å²) in [4.78, 5) is 24.5. The van der Waals surface area contributed by atoms with Crippen LogP contribution in [-0.2, 0) is 15.0 Å². The Balaban J connectivity index is 2.13. The molecular weight excluding hydrogens is 533 g/mol. The Hall–Kier alpha value is -1.37. The first-order valence-corrected chi connectivity index (χ1v) is 15.8. The van der Waals surface area contributed by atoms with E-state index in [9.17, 15) is 9.59 Å². The van der Waals surface area contributed by atoms with Crippen molar-refractivity contribution < 1.29 is 9.59 Å². The summed E-state index contributed by atoms with van der Waals surface area (Å²) < 4.78 is 1.98. The zero-order valence-electron chi connectivity index (χ0n) is 20.4.